The van der Waals surface area contributed by atoms with Crippen molar-refractivity contribution in [2.24, 2.45) is 5.92 Å². The number of fused-ring (bicyclic) bond motifs is 1. The van der Waals surface area contributed by atoms with Gasteiger partial charge in [-0.1, -0.05) is 26.0 Å². The van der Waals surface area contributed by atoms with E-state index in [9.17, 15) is 14.4 Å². The van der Waals surface area contributed by atoms with Crippen molar-refractivity contribution in [1.29, 1.82) is 0 Å². The largest absolute Gasteiger partial charge is 0.494 e. The maximum absolute atomic E-state index is 13.1. The number of hydrogen-bond donors (Lipinski definition) is 1. The highest BCUT2D eigenvalue weighted by molar-refractivity contribution is 7.14. The molecule has 3 amide bonds. The first-order valence-corrected chi connectivity index (χ1v) is 11.2. The van der Waals surface area contributed by atoms with Crippen molar-refractivity contribution in [2.45, 2.75) is 26.8 Å². The number of anilines is 1. The summed E-state index contributed by atoms with van der Waals surface area (Å²) in [6, 6.07) is 13.2. The summed E-state index contributed by atoms with van der Waals surface area (Å²) in [4.78, 5) is 44.4. The molecule has 3 aromatic rings. The zero-order chi connectivity index (χ0) is 22.8. The zero-order valence-corrected chi connectivity index (χ0v) is 18.8. The molecular formula is C24H23N3O4S. The summed E-state index contributed by atoms with van der Waals surface area (Å²) in [6.45, 7) is 6.13. The van der Waals surface area contributed by atoms with Crippen molar-refractivity contribution in [3.8, 4) is 17.0 Å². The number of nitrogens with one attached hydrogen (secondary N) is 1. The van der Waals surface area contributed by atoms with Crippen LogP contribution in [0, 0.1) is 5.92 Å². The fourth-order valence-corrected chi connectivity index (χ4v) is 4.43. The van der Waals surface area contributed by atoms with E-state index in [0.29, 0.717) is 22.9 Å². The minimum absolute atomic E-state index is 0.275. The standard InChI is InChI=1S/C24H23N3O4S/c1-4-31-16-11-9-15(10-12-16)19-13-32-24(25-19)26-21(28)20(14(2)3)27-22(29)17-7-5-6-8-18(17)23(27)30/h5-14,20H,4H2,1-3H3,(H,25,26,28). The molecule has 7 nitrogen and oxygen atoms in total. The lowest BCUT2D eigenvalue weighted by Crippen LogP contribution is -2.50. The fraction of sp³-hybridized carbons (Fsp3) is 0.250. The molecule has 0 radical (unpaired) electrons. The first-order valence-electron chi connectivity index (χ1n) is 10.4. The van der Waals surface area contributed by atoms with Crippen molar-refractivity contribution in [3.05, 3.63) is 65.0 Å². The van der Waals surface area contributed by atoms with E-state index in [0.717, 1.165) is 21.9 Å². The van der Waals surface area contributed by atoms with E-state index in [1.54, 1.807) is 38.1 Å². The van der Waals surface area contributed by atoms with Crippen molar-refractivity contribution in [3.63, 3.8) is 0 Å². The van der Waals surface area contributed by atoms with Crippen LogP contribution in [-0.4, -0.2) is 40.3 Å². The molecule has 0 aliphatic carbocycles. The molecule has 1 aromatic heterocycles. The summed E-state index contributed by atoms with van der Waals surface area (Å²) < 4.78 is 5.46. The molecule has 0 saturated carbocycles. The molecule has 0 spiro atoms. The summed E-state index contributed by atoms with van der Waals surface area (Å²) in [5, 5.41) is 5.04. The summed E-state index contributed by atoms with van der Waals surface area (Å²) in [5.74, 6) is -0.840. The van der Waals surface area contributed by atoms with Gasteiger partial charge in [0, 0.05) is 10.9 Å². The maximum Gasteiger partial charge on any atom is 0.262 e. The second-order valence-corrected chi connectivity index (χ2v) is 8.56. The molecule has 32 heavy (non-hydrogen) atoms. The zero-order valence-electron chi connectivity index (χ0n) is 18.0. The van der Waals surface area contributed by atoms with Crippen molar-refractivity contribution in [2.75, 3.05) is 11.9 Å². The number of aromatic nitrogens is 1. The van der Waals surface area contributed by atoms with Crippen LogP contribution in [0.2, 0.25) is 0 Å². The highest BCUT2D eigenvalue weighted by Gasteiger charge is 2.44. The van der Waals surface area contributed by atoms with Crippen LogP contribution in [0.4, 0.5) is 5.13 Å². The number of nitrogens with zero attached hydrogens (tertiary/aromatic N) is 2. The third-order valence-electron chi connectivity index (χ3n) is 5.20. The van der Waals surface area contributed by atoms with Crippen LogP contribution in [0.5, 0.6) is 5.75 Å². The molecule has 0 fully saturated rings. The lowest BCUT2D eigenvalue weighted by atomic mass is 10.0. The number of rotatable bonds is 7. The molecule has 1 atom stereocenters. The summed E-state index contributed by atoms with van der Waals surface area (Å²) >= 11 is 1.29. The van der Waals surface area contributed by atoms with Gasteiger partial charge in [-0.15, -0.1) is 11.3 Å². The van der Waals surface area contributed by atoms with Gasteiger partial charge >= 0.3 is 0 Å². The second kappa shape index (κ2) is 8.92. The van der Waals surface area contributed by atoms with Crippen LogP contribution >= 0.6 is 11.3 Å². The Hall–Kier alpha value is -3.52. The first kappa shape index (κ1) is 21.7. The average molecular weight is 450 g/mol. The minimum atomic E-state index is -0.944. The van der Waals surface area contributed by atoms with E-state index in [1.165, 1.54) is 11.3 Å². The molecule has 1 N–H and O–H groups in total. The number of carbonyl (C=O) groups is 3. The highest BCUT2D eigenvalue weighted by Crippen LogP contribution is 2.30. The molecule has 0 saturated heterocycles. The Kier molecular flexibility index (Phi) is 6.05. The monoisotopic (exact) mass is 449 g/mol. The smallest absolute Gasteiger partial charge is 0.262 e. The molecule has 4 rings (SSSR count). The van der Waals surface area contributed by atoms with Gasteiger partial charge < -0.3 is 10.1 Å². The normalized spacial score (nSPS) is 13.9. The molecular weight excluding hydrogens is 426 g/mol. The topological polar surface area (TPSA) is 88.6 Å². The van der Waals surface area contributed by atoms with Gasteiger partial charge in [-0.05, 0) is 49.2 Å². The van der Waals surface area contributed by atoms with Crippen molar-refractivity contribution in [1.82, 2.24) is 9.88 Å². The SMILES string of the molecule is CCOc1ccc(-c2csc(NC(=O)C(C(C)C)N3C(=O)c4ccccc4C3=O)n2)cc1. The summed E-state index contributed by atoms with van der Waals surface area (Å²) in [7, 11) is 0. The van der Waals surface area contributed by atoms with Gasteiger partial charge in [-0.3, -0.25) is 19.3 Å². The van der Waals surface area contributed by atoms with Gasteiger partial charge in [0.15, 0.2) is 5.13 Å². The van der Waals surface area contributed by atoms with E-state index in [1.807, 2.05) is 36.6 Å². The van der Waals surface area contributed by atoms with Crippen LogP contribution in [-0.2, 0) is 4.79 Å². The molecule has 1 unspecified atom stereocenters. The number of amides is 3. The van der Waals surface area contributed by atoms with Gasteiger partial charge in [0.1, 0.15) is 11.8 Å². The van der Waals surface area contributed by atoms with E-state index in [4.69, 9.17) is 4.74 Å². The minimum Gasteiger partial charge on any atom is -0.494 e. The van der Waals surface area contributed by atoms with Gasteiger partial charge in [-0.2, -0.15) is 0 Å². The Morgan fingerprint density at radius 3 is 2.25 bits per heavy atom. The van der Waals surface area contributed by atoms with E-state index in [-0.39, 0.29) is 5.92 Å². The van der Waals surface area contributed by atoms with Crippen LogP contribution in [0.3, 0.4) is 0 Å². The van der Waals surface area contributed by atoms with Crippen molar-refractivity contribution < 1.29 is 19.1 Å². The Bertz CT molecular complexity index is 1130. The first-order chi connectivity index (χ1) is 15.4. The van der Waals surface area contributed by atoms with Crippen LogP contribution in [0.15, 0.2) is 53.9 Å². The fourth-order valence-electron chi connectivity index (χ4n) is 3.71. The Morgan fingerprint density at radius 1 is 1.06 bits per heavy atom. The van der Waals surface area contributed by atoms with Gasteiger partial charge in [0.25, 0.3) is 11.8 Å². The van der Waals surface area contributed by atoms with Crippen LogP contribution in [0.1, 0.15) is 41.5 Å². The second-order valence-electron chi connectivity index (χ2n) is 7.70. The maximum atomic E-state index is 13.1. The molecule has 1 aliphatic heterocycles. The quantitative estimate of drug-likeness (QED) is 0.538. The Morgan fingerprint density at radius 2 is 1.69 bits per heavy atom. The Balaban J connectivity index is 1.52. The average Bonchev–Trinajstić information content (AvgIpc) is 3.33. The van der Waals surface area contributed by atoms with E-state index < -0.39 is 23.8 Å². The number of imide groups is 1. The van der Waals surface area contributed by atoms with Gasteiger partial charge in [-0.25, -0.2) is 4.98 Å². The number of benzene rings is 2. The molecule has 2 heterocycles. The van der Waals surface area contributed by atoms with Gasteiger partial charge in [0.05, 0.1) is 23.4 Å². The summed E-state index contributed by atoms with van der Waals surface area (Å²) in [6.07, 6.45) is 0. The lowest BCUT2D eigenvalue weighted by molar-refractivity contribution is -0.121. The molecule has 0 bridgehead atoms. The Labute approximate surface area is 190 Å². The third-order valence-corrected chi connectivity index (χ3v) is 5.96. The number of thiazole rings is 1. The number of ether oxygens (including phenoxy) is 1. The van der Waals surface area contributed by atoms with E-state index >= 15 is 0 Å². The van der Waals surface area contributed by atoms with Gasteiger partial charge in [0.2, 0.25) is 5.91 Å². The van der Waals surface area contributed by atoms with E-state index in [2.05, 4.69) is 10.3 Å². The predicted molar refractivity (Wildman–Crippen MR) is 123 cm³/mol. The highest BCUT2D eigenvalue weighted by atomic mass is 32.1. The number of carbonyl (C=O) groups excluding carboxylic acids is 3. The van der Waals surface area contributed by atoms with Crippen LogP contribution < -0.4 is 10.1 Å². The van der Waals surface area contributed by atoms with Crippen molar-refractivity contribution >= 4 is 34.2 Å². The molecule has 2 aromatic carbocycles. The summed E-state index contributed by atoms with van der Waals surface area (Å²) in [5.41, 5.74) is 2.26. The number of hydrogen-bond acceptors (Lipinski definition) is 6. The molecule has 1 aliphatic rings. The third kappa shape index (κ3) is 4.01. The molecule has 8 heteroatoms. The van der Waals surface area contributed by atoms with Crippen LogP contribution in [0.25, 0.3) is 11.3 Å². The molecule has 164 valence electrons. The predicted octanol–water partition coefficient (Wildman–Crippen LogP) is 4.47. The lowest BCUT2D eigenvalue weighted by Gasteiger charge is -2.27.